The number of carbonyl (C=O) groups excluding carboxylic acids is 2. The molecular formula is C20H20O8. The predicted molar refractivity (Wildman–Crippen MR) is 89.1 cm³/mol. The minimum Gasteiger partial charge on any atom is -0.386 e. The van der Waals surface area contributed by atoms with Crippen LogP contribution in [0, 0.1) is 11.8 Å². The molecule has 0 amide bonds. The predicted octanol–water partition coefficient (Wildman–Crippen LogP) is -1.18. The highest BCUT2D eigenvalue weighted by atomic mass is 16.6. The lowest BCUT2D eigenvalue weighted by atomic mass is 9.60. The lowest BCUT2D eigenvalue weighted by molar-refractivity contribution is -0.177. The number of aliphatic hydroxyl groups is 2. The van der Waals surface area contributed by atoms with Gasteiger partial charge in [0.25, 0.3) is 0 Å². The zero-order chi connectivity index (χ0) is 19.2. The Bertz CT molecular complexity index is 845. The quantitative estimate of drug-likeness (QED) is 0.498. The minimum absolute atomic E-state index is 0.110. The van der Waals surface area contributed by atoms with E-state index < -0.39 is 60.7 Å². The number of Topliss-reactive ketones (excluding diaryl/α,β-unsaturated/α-hetero) is 2. The monoisotopic (exact) mass is 388 g/mol. The Labute approximate surface area is 160 Å². The first-order chi connectivity index (χ1) is 13.4. The fraction of sp³-hybridized carbons (Fsp3) is 0.700. The lowest BCUT2D eigenvalue weighted by Crippen LogP contribution is -2.62. The number of ether oxygens (including phenoxy) is 4. The zero-order valence-electron chi connectivity index (χ0n) is 15.3. The fourth-order valence-electron chi connectivity index (χ4n) is 6.43. The molecule has 0 spiro atoms. The SMILES string of the molecule is C[C@@H]1O[C@H]2C3=C(C(=O)[C@@H]4O[C@@H]4[C@H]3O)[C@@H]1[C@H]1C3=C([C@H](O)[C@H]4O[C@H]4C3=O)[C@@H]2O[C@@H]1C. The van der Waals surface area contributed by atoms with Gasteiger partial charge in [0.15, 0.2) is 11.6 Å². The van der Waals surface area contributed by atoms with Gasteiger partial charge in [-0.15, -0.1) is 0 Å². The van der Waals surface area contributed by atoms with Gasteiger partial charge in [0.05, 0.1) is 12.2 Å². The number of hydrogen-bond acceptors (Lipinski definition) is 8. The van der Waals surface area contributed by atoms with Gasteiger partial charge in [0.2, 0.25) is 0 Å². The van der Waals surface area contributed by atoms with Crippen LogP contribution in [0.1, 0.15) is 13.8 Å². The second kappa shape index (κ2) is 4.83. The van der Waals surface area contributed by atoms with Crippen molar-refractivity contribution in [3.05, 3.63) is 22.3 Å². The van der Waals surface area contributed by atoms with Crippen molar-refractivity contribution in [3.63, 3.8) is 0 Å². The summed E-state index contributed by atoms with van der Waals surface area (Å²) in [5.41, 5.74) is 2.12. The number of carbonyl (C=O) groups is 2. The Morgan fingerprint density at radius 1 is 0.643 bits per heavy atom. The standard InChI is InChI=1S/C20H20O8/c1-3-5-6-4(2)26-16(10-8(6)12(22)18-20(28-18)14(10)24)15(25-3)9-7(5)11(21)17-19(27-17)13(9)23/h3-6,13-20,23-24H,1-2H3/t3-,4+,5-,6-,13-,14-,15-,16-,17-,18-,19+,20+/m0/s1. The topological polar surface area (TPSA) is 118 Å². The van der Waals surface area contributed by atoms with Crippen LogP contribution in [0.25, 0.3) is 0 Å². The Hall–Kier alpha value is -1.42. The van der Waals surface area contributed by atoms with Crippen LogP contribution in [-0.4, -0.2) is 82.8 Å². The summed E-state index contributed by atoms with van der Waals surface area (Å²) < 4.78 is 23.4. The third-order valence-electron chi connectivity index (χ3n) is 7.66. The van der Waals surface area contributed by atoms with E-state index in [1.54, 1.807) is 0 Å². The molecule has 8 nitrogen and oxygen atoms in total. The van der Waals surface area contributed by atoms with Gasteiger partial charge in [-0.3, -0.25) is 9.59 Å². The van der Waals surface area contributed by atoms with Crippen LogP contribution in [0.2, 0.25) is 0 Å². The molecule has 12 atom stereocenters. The molecule has 4 bridgehead atoms. The number of hydrogen-bond donors (Lipinski definition) is 2. The first-order valence-corrected chi connectivity index (χ1v) is 9.94. The molecule has 4 heterocycles. The molecule has 148 valence electrons. The Kier molecular flexibility index (Phi) is 2.83. The van der Waals surface area contributed by atoms with Gasteiger partial charge in [0, 0.05) is 23.0 Å². The lowest BCUT2D eigenvalue weighted by Gasteiger charge is -2.55. The van der Waals surface area contributed by atoms with Crippen LogP contribution >= 0.6 is 0 Å². The van der Waals surface area contributed by atoms with E-state index in [4.69, 9.17) is 18.9 Å². The van der Waals surface area contributed by atoms with Gasteiger partial charge in [-0.05, 0) is 25.0 Å². The summed E-state index contributed by atoms with van der Waals surface area (Å²) in [7, 11) is 0. The van der Waals surface area contributed by atoms with Gasteiger partial charge in [-0.2, -0.15) is 0 Å². The van der Waals surface area contributed by atoms with Crippen LogP contribution in [0.3, 0.4) is 0 Å². The van der Waals surface area contributed by atoms with E-state index in [1.807, 2.05) is 13.8 Å². The van der Waals surface area contributed by atoms with E-state index in [9.17, 15) is 19.8 Å². The van der Waals surface area contributed by atoms with E-state index in [1.165, 1.54) is 0 Å². The van der Waals surface area contributed by atoms with E-state index in [0.717, 1.165) is 0 Å². The number of aliphatic hydroxyl groups excluding tert-OH is 2. The highest BCUT2D eigenvalue weighted by Gasteiger charge is 2.68. The van der Waals surface area contributed by atoms with E-state index >= 15 is 0 Å². The van der Waals surface area contributed by atoms with Gasteiger partial charge in [-0.25, -0.2) is 0 Å². The first-order valence-electron chi connectivity index (χ1n) is 9.94. The van der Waals surface area contributed by atoms with E-state index in [0.29, 0.717) is 22.3 Å². The molecule has 4 aliphatic heterocycles. The number of rotatable bonds is 0. The summed E-state index contributed by atoms with van der Waals surface area (Å²) in [6, 6.07) is 0. The summed E-state index contributed by atoms with van der Waals surface area (Å²) in [4.78, 5) is 26.3. The molecule has 8 heteroatoms. The third-order valence-corrected chi connectivity index (χ3v) is 7.66. The molecule has 0 aromatic carbocycles. The molecule has 2 N–H and O–H groups in total. The molecule has 2 fully saturated rings. The highest BCUT2D eigenvalue weighted by molar-refractivity contribution is 6.07. The van der Waals surface area contributed by atoms with Crippen molar-refractivity contribution >= 4 is 11.6 Å². The van der Waals surface area contributed by atoms with Crippen molar-refractivity contribution in [2.75, 3.05) is 0 Å². The maximum Gasteiger partial charge on any atom is 0.190 e. The maximum atomic E-state index is 13.1. The Morgan fingerprint density at radius 3 is 1.43 bits per heavy atom. The zero-order valence-corrected chi connectivity index (χ0v) is 15.3. The largest absolute Gasteiger partial charge is 0.386 e. The highest BCUT2D eigenvalue weighted by Crippen LogP contribution is 2.57. The maximum absolute atomic E-state index is 13.1. The van der Waals surface area contributed by atoms with Crippen LogP contribution in [-0.2, 0) is 28.5 Å². The van der Waals surface area contributed by atoms with Crippen LogP contribution in [0.15, 0.2) is 22.3 Å². The van der Waals surface area contributed by atoms with Crippen molar-refractivity contribution in [2.24, 2.45) is 11.8 Å². The second-order valence-electron chi connectivity index (χ2n) is 8.97. The summed E-state index contributed by atoms with van der Waals surface area (Å²) >= 11 is 0. The Balaban J connectivity index is 1.50. The molecule has 0 unspecified atom stereocenters. The van der Waals surface area contributed by atoms with Gasteiger partial charge in [0.1, 0.15) is 48.8 Å². The van der Waals surface area contributed by atoms with Gasteiger partial charge < -0.3 is 29.2 Å². The molecule has 0 radical (unpaired) electrons. The molecule has 7 aliphatic rings. The summed E-state index contributed by atoms with van der Waals surface area (Å²) in [5.74, 6) is -1.10. The Morgan fingerprint density at radius 2 is 1.04 bits per heavy atom. The van der Waals surface area contributed by atoms with Crippen molar-refractivity contribution in [1.82, 2.24) is 0 Å². The molecule has 2 saturated heterocycles. The second-order valence-corrected chi connectivity index (χ2v) is 8.97. The number of epoxide rings is 2. The average Bonchev–Trinajstić information content (AvgIpc) is 3.53. The molecule has 28 heavy (non-hydrogen) atoms. The first kappa shape index (κ1) is 16.4. The molecule has 0 aromatic rings. The minimum atomic E-state index is -0.943. The van der Waals surface area contributed by atoms with Crippen LogP contribution in [0.5, 0.6) is 0 Å². The number of ketones is 2. The molecular weight excluding hydrogens is 368 g/mol. The van der Waals surface area contributed by atoms with Crippen LogP contribution < -0.4 is 0 Å². The molecule has 0 aromatic heterocycles. The molecule has 7 rings (SSSR count). The fourth-order valence-corrected chi connectivity index (χ4v) is 6.43. The van der Waals surface area contributed by atoms with Gasteiger partial charge >= 0.3 is 0 Å². The third kappa shape index (κ3) is 1.67. The summed E-state index contributed by atoms with van der Waals surface area (Å²) in [5, 5.41) is 21.8. The van der Waals surface area contributed by atoms with Crippen molar-refractivity contribution in [2.45, 2.75) is 74.9 Å². The van der Waals surface area contributed by atoms with Crippen LogP contribution in [0.4, 0.5) is 0 Å². The van der Waals surface area contributed by atoms with Crippen molar-refractivity contribution in [1.29, 1.82) is 0 Å². The number of fused-ring (bicyclic) bond motifs is 4. The van der Waals surface area contributed by atoms with E-state index in [-0.39, 0.29) is 23.8 Å². The molecule has 0 saturated carbocycles. The van der Waals surface area contributed by atoms with Crippen molar-refractivity contribution in [3.8, 4) is 0 Å². The average molecular weight is 388 g/mol. The smallest absolute Gasteiger partial charge is 0.190 e. The molecule has 3 aliphatic carbocycles. The van der Waals surface area contributed by atoms with Crippen molar-refractivity contribution < 1.29 is 38.7 Å². The normalized spacial score (nSPS) is 58.0. The van der Waals surface area contributed by atoms with E-state index in [2.05, 4.69) is 0 Å². The van der Waals surface area contributed by atoms with Gasteiger partial charge in [-0.1, -0.05) is 0 Å². The summed E-state index contributed by atoms with van der Waals surface area (Å²) in [6.45, 7) is 3.80. The summed E-state index contributed by atoms with van der Waals surface area (Å²) in [6.07, 6.45) is -6.30.